The van der Waals surface area contributed by atoms with Gasteiger partial charge in [0.15, 0.2) is 0 Å². The lowest BCUT2D eigenvalue weighted by atomic mass is 10.2. The molecule has 1 aliphatic heterocycles. The van der Waals surface area contributed by atoms with Crippen LogP contribution in [0.3, 0.4) is 0 Å². The van der Waals surface area contributed by atoms with Gasteiger partial charge in [-0.25, -0.2) is 14.0 Å². The second-order valence-corrected chi connectivity index (χ2v) is 8.30. The van der Waals surface area contributed by atoms with Gasteiger partial charge in [-0.05, 0) is 42.5 Å². The van der Waals surface area contributed by atoms with Gasteiger partial charge < -0.3 is 25.4 Å². The maximum Gasteiger partial charge on any atom is 0.421 e. The monoisotopic (exact) mass is 537 g/mol. The van der Waals surface area contributed by atoms with Gasteiger partial charge in [-0.15, -0.1) is 0 Å². The standard InChI is InChI=1S/C24H23F4N5O5/c25-16-3-6-20-18(11-16)19(31-22(35)30-17-4-1-15(2-5-17)24(26,27)28)12-33(20)23(36)38-14-37-21(34)13-32-9-7-29-8-10-32/h1-6,11-12,29H,7-10,13-14H2,(H2,30,31,35). The van der Waals surface area contributed by atoms with E-state index in [-0.39, 0.29) is 28.8 Å². The van der Waals surface area contributed by atoms with Gasteiger partial charge in [-0.2, -0.15) is 13.2 Å². The van der Waals surface area contributed by atoms with Crippen molar-refractivity contribution < 1.29 is 41.4 Å². The molecule has 1 saturated heterocycles. The number of aromatic nitrogens is 1. The molecule has 2 amide bonds. The van der Waals surface area contributed by atoms with Gasteiger partial charge in [0.25, 0.3) is 0 Å². The number of ether oxygens (including phenoxy) is 2. The van der Waals surface area contributed by atoms with E-state index in [2.05, 4.69) is 16.0 Å². The fraction of sp³-hybridized carbons (Fsp3) is 0.292. The lowest BCUT2D eigenvalue weighted by molar-refractivity contribution is -0.153. The van der Waals surface area contributed by atoms with E-state index in [4.69, 9.17) is 9.47 Å². The summed E-state index contributed by atoms with van der Waals surface area (Å²) >= 11 is 0. The molecule has 202 valence electrons. The van der Waals surface area contributed by atoms with Gasteiger partial charge in [-0.1, -0.05) is 0 Å². The molecule has 0 radical (unpaired) electrons. The molecule has 4 rings (SSSR count). The normalized spacial score (nSPS) is 14.2. The third kappa shape index (κ3) is 6.77. The summed E-state index contributed by atoms with van der Waals surface area (Å²) in [7, 11) is 0. The molecule has 3 aromatic rings. The number of halogens is 4. The number of fused-ring (bicyclic) bond motifs is 1. The van der Waals surface area contributed by atoms with Gasteiger partial charge in [0.05, 0.1) is 23.3 Å². The minimum absolute atomic E-state index is 0.0246. The van der Waals surface area contributed by atoms with Crippen molar-refractivity contribution in [3.05, 3.63) is 60.0 Å². The van der Waals surface area contributed by atoms with E-state index >= 15 is 0 Å². The number of urea groups is 1. The number of benzene rings is 2. The first kappa shape index (κ1) is 26.9. The minimum Gasteiger partial charge on any atom is -0.427 e. The molecule has 2 aromatic carbocycles. The molecule has 0 bridgehead atoms. The van der Waals surface area contributed by atoms with Crippen LogP contribution >= 0.6 is 0 Å². The Morgan fingerprint density at radius 3 is 2.37 bits per heavy atom. The smallest absolute Gasteiger partial charge is 0.421 e. The molecule has 14 heteroatoms. The van der Waals surface area contributed by atoms with Crippen molar-refractivity contribution in [2.45, 2.75) is 6.18 Å². The highest BCUT2D eigenvalue weighted by Crippen LogP contribution is 2.30. The lowest BCUT2D eigenvalue weighted by Gasteiger charge is -2.25. The molecule has 1 fully saturated rings. The predicted octanol–water partition coefficient (Wildman–Crippen LogP) is 3.83. The summed E-state index contributed by atoms with van der Waals surface area (Å²) in [5, 5.41) is 8.11. The molecule has 2 heterocycles. The lowest BCUT2D eigenvalue weighted by Crippen LogP contribution is -2.45. The summed E-state index contributed by atoms with van der Waals surface area (Å²) in [6, 6.07) is 6.40. The van der Waals surface area contributed by atoms with Crippen LogP contribution in [0.2, 0.25) is 0 Å². The van der Waals surface area contributed by atoms with E-state index in [0.29, 0.717) is 13.1 Å². The molecule has 0 atom stereocenters. The SMILES string of the molecule is O=C(Nc1ccc(C(F)(F)F)cc1)Nc1cn(C(=O)OCOC(=O)CN2CCNCC2)c2ccc(F)cc12. The van der Waals surface area contributed by atoms with Crippen LogP contribution in [0.25, 0.3) is 10.9 Å². The summed E-state index contributed by atoms with van der Waals surface area (Å²) in [5.74, 6) is -1.21. The minimum atomic E-state index is -4.52. The molecule has 1 aromatic heterocycles. The first-order chi connectivity index (χ1) is 18.1. The van der Waals surface area contributed by atoms with Gasteiger partial charge in [0, 0.05) is 43.4 Å². The second-order valence-electron chi connectivity index (χ2n) is 8.30. The van der Waals surface area contributed by atoms with Crippen molar-refractivity contribution >= 4 is 40.4 Å². The summed E-state index contributed by atoms with van der Waals surface area (Å²) < 4.78 is 63.1. The van der Waals surface area contributed by atoms with Crippen LogP contribution in [0.1, 0.15) is 5.56 Å². The van der Waals surface area contributed by atoms with Crippen LogP contribution in [-0.4, -0.2) is 67.1 Å². The molecule has 0 saturated carbocycles. The maximum absolute atomic E-state index is 13.9. The molecule has 1 aliphatic rings. The Bertz CT molecular complexity index is 1320. The van der Waals surface area contributed by atoms with Crippen LogP contribution in [0.15, 0.2) is 48.7 Å². The fourth-order valence-corrected chi connectivity index (χ4v) is 3.79. The topological polar surface area (TPSA) is 114 Å². The van der Waals surface area contributed by atoms with Crippen LogP contribution < -0.4 is 16.0 Å². The van der Waals surface area contributed by atoms with Crippen molar-refractivity contribution in [2.75, 3.05) is 50.2 Å². The number of carbonyl (C=O) groups excluding carboxylic acids is 3. The molecular formula is C24H23F4N5O5. The van der Waals surface area contributed by atoms with E-state index in [0.717, 1.165) is 54.1 Å². The van der Waals surface area contributed by atoms with E-state index in [1.807, 2.05) is 4.90 Å². The molecule has 0 spiro atoms. The zero-order chi connectivity index (χ0) is 27.3. The quantitative estimate of drug-likeness (QED) is 0.249. The van der Waals surface area contributed by atoms with Gasteiger partial charge >= 0.3 is 24.3 Å². The number of anilines is 2. The third-order valence-electron chi connectivity index (χ3n) is 5.65. The number of hydrogen-bond donors (Lipinski definition) is 3. The van der Waals surface area contributed by atoms with Gasteiger partial charge in [0.2, 0.25) is 6.79 Å². The van der Waals surface area contributed by atoms with Crippen molar-refractivity contribution in [1.82, 2.24) is 14.8 Å². The Hall–Kier alpha value is -4.17. The van der Waals surface area contributed by atoms with Crippen molar-refractivity contribution in [3.63, 3.8) is 0 Å². The summed E-state index contributed by atoms with van der Waals surface area (Å²) in [5.41, 5.74) is -0.590. The highest BCUT2D eigenvalue weighted by Gasteiger charge is 2.30. The highest BCUT2D eigenvalue weighted by molar-refractivity contribution is 6.07. The zero-order valence-electron chi connectivity index (χ0n) is 19.8. The Balaban J connectivity index is 1.39. The van der Waals surface area contributed by atoms with Crippen molar-refractivity contribution in [2.24, 2.45) is 0 Å². The van der Waals surface area contributed by atoms with Crippen LogP contribution in [0.4, 0.5) is 38.5 Å². The largest absolute Gasteiger partial charge is 0.427 e. The number of nitrogens with zero attached hydrogens (tertiary/aromatic N) is 2. The molecule has 38 heavy (non-hydrogen) atoms. The van der Waals surface area contributed by atoms with Gasteiger partial charge in [-0.3, -0.25) is 14.3 Å². The van der Waals surface area contributed by atoms with E-state index in [1.54, 1.807) is 0 Å². The van der Waals surface area contributed by atoms with E-state index in [9.17, 15) is 31.9 Å². The molecule has 0 unspecified atom stereocenters. The predicted molar refractivity (Wildman–Crippen MR) is 128 cm³/mol. The Labute approximate surface area is 213 Å². The number of alkyl halides is 3. The number of amides is 2. The van der Waals surface area contributed by atoms with Crippen LogP contribution in [0, 0.1) is 5.82 Å². The number of piperazine rings is 1. The number of rotatable bonds is 6. The Morgan fingerprint density at radius 1 is 0.974 bits per heavy atom. The summed E-state index contributed by atoms with van der Waals surface area (Å²) in [4.78, 5) is 39.0. The summed E-state index contributed by atoms with van der Waals surface area (Å²) in [6.45, 7) is 2.27. The molecule has 3 N–H and O–H groups in total. The second kappa shape index (κ2) is 11.5. The van der Waals surface area contributed by atoms with E-state index < -0.39 is 42.4 Å². The summed E-state index contributed by atoms with van der Waals surface area (Å²) in [6.07, 6.45) is -4.29. The number of carbonyl (C=O) groups is 3. The number of esters is 1. The fourth-order valence-electron chi connectivity index (χ4n) is 3.79. The maximum atomic E-state index is 13.9. The molecule has 0 aliphatic carbocycles. The average molecular weight is 537 g/mol. The third-order valence-corrected chi connectivity index (χ3v) is 5.65. The van der Waals surface area contributed by atoms with Crippen LogP contribution in [-0.2, 0) is 20.4 Å². The van der Waals surface area contributed by atoms with Crippen molar-refractivity contribution in [3.8, 4) is 0 Å². The van der Waals surface area contributed by atoms with Crippen molar-refractivity contribution in [1.29, 1.82) is 0 Å². The van der Waals surface area contributed by atoms with Gasteiger partial charge in [0.1, 0.15) is 5.82 Å². The molecule has 10 nitrogen and oxygen atoms in total. The number of hydrogen-bond acceptors (Lipinski definition) is 7. The van der Waals surface area contributed by atoms with E-state index in [1.165, 1.54) is 12.3 Å². The first-order valence-corrected chi connectivity index (χ1v) is 11.4. The van der Waals surface area contributed by atoms with Crippen LogP contribution in [0.5, 0.6) is 0 Å². The zero-order valence-corrected chi connectivity index (χ0v) is 19.8. The Morgan fingerprint density at radius 2 is 1.68 bits per heavy atom. The highest BCUT2D eigenvalue weighted by atomic mass is 19.4. The Kier molecular flexibility index (Phi) is 8.12. The number of nitrogens with one attached hydrogen (secondary N) is 3. The molecular weight excluding hydrogens is 514 g/mol. The average Bonchev–Trinajstić information content (AvgIpc) is 3.21. The first-order valence-electron chi connectivity index (χ1n) is 11.4.